The summed E-state index contributed by atoms with van der Waals surface area (Å²) in [6.07, 6.45) is 1.93. The van der Waals surface area contributed by atoms with Crippen molar-refractivity contribution < 1.29 is 14.5 Å². The normalized spacial score (nSPS) is 15.7. The van der Waals surface area contributed by atoms with Gasteiger partial charge in [0.2, 0.25) is 0 Å². The van der Waals surface area contributed by atoms with Crippen molar-refractivity contribution in [2.45, 2.75) is 26.7 Å². The second-order valence-corrected chi connectivity index (χ2v) is 5.88. The fraction of sp³-hybridized carbons (Fsp3) is 0.533. The van der Waals surface area contributed by atoms with Gasteiger partial charge in [-0.3, -0.25) is 10.1 Å². The van der Waals surface area contributed by atoms with Crippen molar-refractivity contribution >= 4 is 28.9 Å². The molecule has 0 amide bonds. The van der Waals surface area contributed by atoms with Crippen LogP contribution >= 0.6 is 11.6 Å². The lowest BCUT2D eigenvalue weighted by molar-refractivity contribution is -0.384. The lowest BCUT2D eigenvalue weighted by Gasteiger charge is -2.32. The summed E-state index contributed by atoms with van der Waals surface area (Å²) in [5.41, 5.74) is 0.351. The Hall–Kier alpha value is -1.82. The number of piperidine rings is 1. The number of nitro groups is 1. The first-order valence-electron chi connectivity index (χ1n) is 7.34. The summed E-state index contributed by atoms with van der Waals surface area (Å²) in [6, 6.07) is 2.69. The first kappa shape index (κ1) is 16.5. The van der Waals surface area contributed by atoms with Crippen LogP contribution in [-0.4, -0.2) is 30.6 Å². The van der Waals surface area contributed by atoms with Crippen molar-refractivity contribution in [1.29, 1.82) is 0 Å². The number of hydrogen-bond donors (Lipinski definition) is 0. The number of ether oxygens (including phenoxy) is 1. The van der Waals surface area contributed by atoms with Crippen molar-refractivity contribution in [3.63, 3.8) is 0 Å². The fourth-order valence-electron chi connectivity index (χ4n) is 2.60. The van der Waals surface area contributed by atoms with E-state index >= 15 is 0 Å². The summed E-state index contributed by atoms with van der Waals surface area (Å²) in [5, 5.41) is 11.6. The maximum atomic E-state index is 11.8. The van der Waals surface area contributed by atoms with Crippen LogP contribution in [0.1, 0.15) is 37.0 Å². The molecular formula is C15H19ClN2O4. The number of rotatable bonds is 4. The van der Waals surface area contributed by atoms with Gasteiger partial charge < -0.3 is 9.64 Å². The summed E-state index contributed by atoms with van der Waals surface area (Å²) >= 11 is 6.24. The highest BCUT2D eigenvalue weighted by molar-refractivity contribution is 6.34. The predicted molar refractivity (Wildman–Crippen MR) is 84.7 cm³/mol. The molecule has 0 aromatic heterocycles. The zero-order chi connectivity index (χ0) is 16.3. The Bertz CT molecular complexity index is 583. The Balaban J connectivity index is 2.41. The number of esters is 1. The highest BCUT2D eigenvalue weighted by atomic mass is 35.5. The van der Waals surface area contributed by atoms with Crippen molar-refractivity contribution in [2.24, 2.45) is 5.92 Å². The molecule has 0 bridgehead atoms. The Morgan fingerprint density at radius 3 is 2.64 bits per heavy atom. The van der Waals surface area contributed by atoms with E-state index in [1.54, 1.807) is 6.92 Å². The Kier molecular flexibility index (Phi) is 5.24. The quantitative estimate of drug-likeness (QED) is 0.479. The predicted octanol–water partition coefficient (Wildman–Crippen LogP) is 3.66. The van der Waals surface area contributed by atoms with Gasteiger partial charge in [-0.25, -0.2) is 4.79 Å². The number of nitrogens with zero attached hydrogens (tertiary/aromatic N) is 2. The Morgan fingerprint density at radius 2 is 2.09 bits per heavy atom. The molecule has 1 fully saturated rings. The van der Waals surface area contributed by atoms with Crippen molar-refractivity contribution in [3.8, 4) is 0 Å². The number of carbonyl (C=O) groups is 1. The third kappa shape index (κ3) is 3.50. The average molecular weight is 327 g/mol. The van der Waals surface area contributed by atoms with Gasteiger partial charge in [0.25, 0.3) is 5.69 Å². The van der Waals surface area contributed by atoms with E-state index in [9.17, 15) is 14.9 Å². The van der Waals surface area contributed by atoms with Gasteiger partial charge in [0.1, 0.15) is 5.69 Å². The molecule has 0 radical (unpaired) electrons. The molecule has 0 spiro atoms. The van der Waals surface area contributed by atoms with Crippen LogP contribution in [0.15, 0.2) is 12.1 Å². The van der Waals surface area contributed by atoms with Gasteiger partial charge in [-0.2, -0.15) is 0 Å². The molecular weight excluding hydrogens is 308 g/mol. The number of benzene rings is 1. The van der Waals surface area contributed by atoms with Crippen LogP contribution in [0.3, 0.4) is 0 Å². The Morgan fingerprint density at radius 1 is 1.45 bits per heavy atom. The van der Waals surface area contributed by atoms with Gasteiger partial charge in [0, 0.05) is 19.2 Å². The molecule has 1 heterocycles. The maximum Gasteiger partial charge on any atom is 0.338 e. The molecule has 1 aliphatic rings. The van der Waals surface area contributed by atoms with E-state index in [-0.39, 0.29) is 22.9 Å². The summed E-state index contributed by atoms with van der Waals surface area (Å²) in [7, 11) is 0. The van der Waals surface area contributed by atoms with Crippen molar-refractivity contribution in [1.82, 2.24) is 0 Å². The molecule has 0 aliphatic carbocycles. The van der Waals surface area contributed by atoms with E-state index in [1.165, 1.54) is 12.1 Å². The van der Waals surface area contributed by atoms with Gasteiger partial charge in [0.05, 0.1) is 22.1 Å². The van der Waals surface area contributed by atoms with E-state index in [0.29, 0.717) is 11.6 Å². The Labute approximate surface area is 134 Å². The molecule has 1 saturated heterocycles. The molecule has 6 nitrogen and oxygen atoms in total. The SMILES string of the molecule is CCOC(=O)c1cc(Cl)c(N2CCC(C)CC2)c([N+](=O)[O-])c1. The molecule has 22 heavy (non-hydrogen) atoms. The average Bonchev–Trinajstić information content (AvgIpc) is 2.47. The topological polar surface area (TPSA) is 72.7 Å². The smallest absolute Gasteiger partial charge is 0.338 e. The maximum absolute atomic E-state index is 11.8. The van der Waals surface area contributed by atoms with Gasteiger partial charge in [-0.1, -0.05) is 18.5 Å². The largest absolute Gasteiger partial charge is 0.462 e. The van der Waals surface area contributed by atoms with Crippen molar-refractivity contribution in [3.05, 3.63) is 32.8 Å². The summed E-state index contributed by atoms with van der Waals surface area (Å²) in [5.74, 6) is -0.000738. The van der Waals surface area contributed by atoms with E-state index in [4.69, 9.17) is 16.3 Å². The fourth-order valence-corrected chi connectivity index (χ4v) is 2.94. The van der Waals surface area contributed by atoms with E-state index in [1.807, 2.05) is 4.90 Å². The molecule has 0 atom stereocenters. The summed E-state index contributed by atoms with van der Waals surface area (Å²) < 4.78 is 4.88. The standard InChI is InChI=1S/C15H19ClN2O4/c1-3-22-15(19)11-8-12(16)14(13(9-11)18(20)21)17-6-4-10(2)5-7-17/h8-10H,3-7H2,1-2H3. The zero-order valence-corrected chi connectivity index (χ0v) is 13.4. The molecule has 1 aromatic rings. The molecule has 1 aliphatic heterocycles. The van der Waals surface area contributed by atoms with Crippen LogP contribution < -0.4 is 4.90 Å². The summed E-state index contributed by atoms with van der Waals surface area (Å²) in [6.45, 7) is 5.49. The van der Waals surface area contributed by atoms with Gasteiger partial charge in [-0.15, -0.1) is 0 Å². The lowest BCUT2D eigenvalue weighted by Crippen LogP contribution is -2.33. The molecule has 120 valence electrons. The van der Waals surface area contributed by atoms with Gasteiger partial charge in [-0.05, 0) is 31.7 Å². The minimum absolute atomic E-state index is 0.104. The zero-order valence-electron chi connectivity index (χ0n) is 12.7. The first-order chi connectivity index (χ1) is 10.4. The summed E-state index contributed by atoms with van der Waals surface area (Å²) in [4.78, 5) is 24.6. The van der Waals surface area contributed by atoms with Gasteiger partial charge >= 0.3 is 5.97 Å². The number of halogens is 1. The number of anilines is 1. The van der Waals surface area contributed by atoms with E-state index < -0.39 is 10.9 Å². The molecule has 7 heteroatoms. The van der Waals surface area contributed by atoms with Crippen molar-refractivity contribution in [2.75, 3.05) is 24.6 Å². The molecule has 1 aromatic carbocycles. The van der Waals surface area contributed by atoms with Crippen LogP contribution in [0.4, 0.5) is 11.4 Å². The molecule has 0 unspecified atom stereocenters. The number of hydrogen-bond acceptors (Lipinski definition) is 5. The van der Waals surface area contributed by atoms with Gasteiger partial charge in [0.15, 0.2) is 0 Å². The molecule has 0 N–H and O–H groups in total. The monoisotopic (exact) mass is 326 g/mol. The van der Waals surface area contributed by atoms with Crippen LogP contribution in [-0.2, 0) is 4.74 Å². The number of nitro benzene ring substituents is 1. The molecule has 0 saturated carbocycles. The third-order valence-corrected chi connectivity index (χ3v) is 4.14. The highest BCUT2D eigenvalue weighted by Gasteiger charge is 2.28. The first-order valence-corrected chi connectivity index (χ1v) is 7.71. The van der Waals surface area contributed by atoms with Crippen LogP contribution in [0.5, 0.6) is 0 Å². The number of carbonyl (C=O) groups excluding carboxylic acids is 1. The van der Waals surface area contributed by atoms with Crippen LogP contribution in [0, 0.1) is 16.0 Å². The molecule has 2 rings (SSSR count). The van der Waals surface area contributed by atoms with E-state index in [2.05, 4.69) is 6.92 Å². The highest BCUT2D eigenvalue weighted by Crippen LogP contribution is 2.38. The van der Waals surface area contributed by atoms with Crippen LogP contribution in [0.25, 0.3) is 0 Å². The second kappa shape index (κ2) is 6.96. The van der Waals surface area contributed by atoms with E-state index in [0.717, 1.165) is 25.9 Å². The van der Waals surface area contributed by atoms with Crippen LogP contribution in [0.2, 0.25) is 5.02 Å². The minimum atomic E-state index is -0.605. The second-order valence-electron chi connectivity index (χ2n) is 5.47. The lowest BCUT2D eigenvalue weighted by atomic mass is 9.98. The minimum Gasteiger partial charge on any atom is -0.462 e. The third-order valence-electron chi connectivity index (χ3n) is 3.85.